The molecule has 0 saturated carbocycles. The molecule has 1 rings (SSSR count). The zero-order valence-corrected chi connectivity index (χ0v) is 14.7. The van der Waals surface area contributed by atoms with Gasteiger partial charge < -0.3 is 14.6 Å². The van der Waals surface area contributed by atoms with E-state index in [0.29, 0.717) is 10.6 Å². The predicted octanol–water partition coefficient (Wildman–Crippen LogP) is 1.97. The van der Waals surface area contributed by atoms with E-state index in [9.17, 15) is 19.5 Å². The van der Waals surface area contributed by atoms with Gasteiger partial charge in [0.1, 0.15) is 0 Å². The van der Waals surface area contributed by atoms with Crippen LogP contribution in [0.3, 0.4) is 0 Å². The number of hydrogen-bond donors (Lipinski definition) is 1. The van der Waals surface area contributed by atoms with Crippen LogP contribution >= 0.6 is 11.6 Å². The van der Waals surface area contributed by atoms with Crippen molar-refractivity contribution in [2.45, 2.75) is 25.9 Å². The molecule has 7 heteroatoms. The lowest BCUT2D eigenvalue weighted by molar-refractivity contribution is -0.166. The van der Waals surface area contributed by atoms with E-state index in [1.165, 1.54) is 0 Å². The molecule has 1 aromatic rings. The SMILES string of the molecule is COC(=O)[C@@H](C(=O)[C@H](c1ccc(Cl)cc1)C(C)C)[C@@H](O)C(=O)OC. The molecule has 1 N–H and O–H groups in total. The van der Waals surface area contributed by atoms with E-state index in [1.54, 1.807) is 38.1 Å². The van der Waals surface area contributed by atoms with Crippen molar-refractivity contribution in [1.82, 2.24) is 0 Å². The molecule has 6 nitrogen and oxygen atoms in total. The fourth-order valence-corrected chi connectivity index (χ4v) is 2.65. The molecule has 0 spiro atoms. The van der Waals surface area contributed by atoms with Crippen LogP contribution in [-0.2, 0) is 23.9 Å². The summed E-state index contributed by atoms with van der Waals surface area (Å²) in [6.07, 6.45) is -1.93. The first-order valence-electron chi connectivity index (χ1n) is 7.37. The number of aliphatic hydroxyl groups excluding tert-OH is 1. The minimum atomic E-state index is -1.93. The standard InChI is InChI=1S/C17H21ClO6/c1-9(2)12(10-5-7-11(18)8-6-10)14(19)13(16(21)23-3)15(20)17(22)24-4/h5-9,12-13,15,20H,1-4H3/t12-,13-,15+/m0/s1. The highest BCUT2D eigenvalue weighted by molar-refractivity contribution is 6.30. The molecule has 1 aromatic carbocycles. The molecule has 0 amide bonds. The van der Waals surface area contributed by atoms with Crippen molar-refractivity contribution in [3.63, 3.8) is 0 Å². The fourth-order valence-electron chi connectivity index (χ4n) is 2.53. The van der Waals surface area contributed by atoms with Gasteiger partial charge in [0.05, 0.1) is 14.2 Å². The van der Waals surface area contributed by atoms with Crippen LogP contribution in [0, 0.1) is 11.8 Å². The quantitative estimate of drug-likeness (QED) is 0.593. The number of benzene rings is 1. The Morgan fingerprint density at radius 2 is 1.50 bits per heavy atom. The van der Waals surface area contributed by atoms with E-state index >= 15 is 0 Å². The maximum absolute atomic E-state index is 12.9. The van der Waals surface area contributed by atoms with Crippen molar-refractivity contribution in [3.05, 3.63) is 34.9 Å². The van der Waals surface area contributed by atoms with Crippen molar-refractivity contribution >= 4 is 29.3 Å². The van der Waals surface area contributed by atoms with E-state index in [1.807, 2.05) is 0 Å². The Balaban J connectivity index is 3.28. The Hall–Kier alpha value is -1.92. The zero-order valence-electron chi connectivity index (χ0n) is 14.0. The van der Waals surface area contributed by atoms with E-state index in [4.69, 9.17) is 11.6 Å². The lowest BCUT2D eigenvalue weighted by atomic mass is 9.78. The second kappa shape index (κ2) is 8.80. The van der Waals surface area contributed by atoms with Crippen LogP contribution in [0.15, 0.2) is 24.3 Å². The highest BCUT2D eigenvalue weighted by atomic mass is 35.5. The first kappa shape index (κ1) is 20.1. The Morgan fingerprint density at radius 3 is 1.92 bits per heavy atom. The van der Waals surface area contributed by atoms with Gasteiger partial charge in [0.15, 0.2) is 17.8 Å². The van der Waals surface area contributed by atoms with Gasteiger partial charge in [0.25, 0.3) is 0 Å². The first-order chi connectivity index (χ1) is 11.2. The summed E-state index contributed by atoms with van der Waals surface area (Å²) in [6, 6.07) is 6.60. The van der Waals surface area contributed by atoms with E-state index in [0.717, 1.165) is 14.2 Å². The predicted molar refractivity (Wildman–Crippen MR) is 87.6 cm³/mol. The van der Waals surface area contributed by atoms with Crippen molar-refractivity contribution in [2.24, 2.45) is 11.8 Å². The Labute approximate surface area is 145 Å². The maximum Gasteiger partial charge on any atom is 0.336 e. The Kier molecular flexibility index (Phi) is 7.38. The van der Waals surface area contributed by atoms with Gasteiger partial charge in [0.2, 0.25) is 0 Å². The van der Waals surface area contributed by atoms with Gasteiger partial charge in [-0.15, -0.1) is 0 Å². The minimum absolute atomic E-state index is 0.185. The normalized spacial score (nSPS) is 14.6. The summed E-state index contributed by atoms with van der Waals surface area (Å²) in [5.74, 6) is -5.24. The number of rotatable bonds is 7. The third kappa shape index (κ3) is 4.55. The number of carbonyl (C=O) groups excluding carboxylic acids is 3. The molecule has 0 saturated heterocycles. The second-order valence-corrected chi connectivity index (χ2v) is 6.08. The first-order valence-corrected chi connectivity index (χ1v) is 7.75. The van der Waals surface area contributed by atoms with Crippen LogP contribution in [0.2, 0.25) is 5.02 Å². The van der Waals surface area contributed by atoms with Crippen LogP contribution in [-0.4, -0.2) is 43.2 Å². The molecule has 0 bridgehead atoms. The Bertz CT molecular complexity index is 596. The summed E-state index contributed by atoms with van der Waals surface area (Å²) in [4.78, 5) is 36.5. The van der Waals surface area contributed by atoms with Crippen molar-refractivity contribution in [2.75, 3.05) is 14.2 Å². The van der Waals surface area contributed by atoms with Crippen LogP contribution < -0.4 is 0 Å². The molecule has 24 heavy (non-hydrogen) atoms. The molecule has 0 aliphatic heterocycles. The topological polar surface area (TPSA) is 89.9 Å². The lowest BCUT2D eigenvalue weighted by Crippen LogP contribution is -2.44. The molecule has 0 radical (unpaired) electrons. The number of methoxy groups -OCH3 is 2. The Morgan fingerprint density at radius 1 is 1.00 bits per heavy atom. The van der Waals surface area contributed by atoms with Crippen LogP contribution in [0.1, 0.15) is 25.3 Å². The molecule has 3 atom stereocenters. The van der Waals surface area contributed by atoms with Gasteiger partial charge in [-0.25, -0.2) is 4.79 Å². The highest BCUT2D eigenvalue weighted by Crippen LogP contribution is 2.31. The minimum Gasteiger partial charge on any atom is -0.468 e. The maximum atomic E-state index is 12.9. The summed E-state index contributed by atoms with van der Waals surface area (Å²) in [5, 5.41) is 10.6. The van der Waals surface area contributed by atoms with Gasteiger partial charge in [-0.05, 0) is 23.6 Å². The van der Waals surface area contributed by atoms with Crippen LogP contribution in [0.25, 0.3) is 0 Å². The number of aliphatic hydroxyl groups is 1. The van der Waals surface area contributed by atoms with E-state index in [-0.39, 0.29) is 5.92 Å². The van der Waals surface area contributed by atoms with Gasteiger partial charge in [-0.3, -0.25) is 9.59 Å². The molecular formula is C17H21ClO6. The summed E-state index contributed by atoms with van der Waals surface area (Å²) < 4.78 is 9.02. The number of ether oxygens (including phenoxy) is 2. The molecule has 0 aliphatic carbocycles. The monoisotopic (exact) mass is 356 g/mol. The third-order valence-electron chi connectivity index (χ3n) is 3.72. The smallest absolute Gasteiger partial charge is 0.336 e. The van der Waals surface area contributed by atoms with Gasteiger partial charge in [-0.2, -0.15) is 0 Å². The molecule has 0 aliphatic rings. The highest BCUT2D eigenvalue weighted by Gasteiger charge is 2.43. The number of ketones is 1. The van der Waals surface area contributed by atoms with Crippen molar-refractivity contribution in [3.8, 4) is 0 Å². The molecule has 0 aromatic heterocycles. The number of esters is 2. The average molecular weight is 357 g/mol. The van der Waals surface area contributed by atoms with Crippen LogP contribution in [0.4, 0.5) is 0 Å². The fraction of sp³-hybridized carbons (Fsp3) is 0.471. The van der Waals surface area contributed by atoms with Gasteiger partial charge >= 0.3 is 11.9 Å². The molecule has 132 valence electrons. The lowest BCUT2D eigenvalue weighted by Gasteiger charge is -2.26. The third-order valence-corrected chi connectivity index (χ3v) is 3.97. The summed E-state index contributed by atoms with van der Waals surface area (Å²) in [5.41, 5.74) is 0.630. The largest absolute Gasteiger partial charge is 0.468 e. The van der Waals surface area contributed by atoms with Gasteiger partial charge in [0, 0.05) is 10.9 Å². The number of halogens is 1. The molecule has 0 unspecified atom stereocenters. The molecule has 0 fully saturated rings. The number of hydrogen-bond acceptors (Lipinski definition) is 6. The van der Waals surface area contributed by atoms with Gasteiger partial charge in [-0.1, -0.05) is 37.6 Å². The van der Waals surface area contributed by atoms with E-state index in [2.05, 4.69) is 9.47 Å². The molecule has 0 heterocycles. The second-order valence-electron chi connectivity index (χ2n) is 5.64. The number of Topliss-reactive ketones (excluding diaryl/α,β-unsaturated/α-hetero) is 1. The van der Waals surface area contributed by atoms with Crippen LogP contribution in [0.5, 0.6) is 0 Å². The summed E-state index contributed by atoms with van der Waals surface area (Å²) >= 11 is 5.86. The van der Waals surface area contributed by atoms with E-state index < -0.39 is 35.7 Å². The molecular weight excluding hydrogens is 336 g/mol. The zero-order chi connectivity index (χ0) is 18.4. The summed E-state index contributed by atoms with van der Waals surface area (Å²) in [6.45, 7) is 3.60. The average Bonchev–Trinajstić information content (AvgIpc) is 2.55. The summed E-state index contributed by atoms with van der Waals surface area (Å²) in [7, 11) is 2.14. The number of carbonyl (C=O) groups is 3. The van der Waals surface area contributed by atoms with Crippen molar-refractivity contribution < 1.29 is 29.0 Å². The van der Waals surface area contributed by atoms with Crippen molar-refractivity contribution in [1.29, 1.82) is 0 Å².